The third-order valence-corrected chi connectivity index (χ3v) is 3.43. The van der Waals surface area contributed by atoms with E-state index in [4.69, 9.17) is 4.74 Å². The van der Waals surface area contributed by atoms with E-state index in [1.807, 2.05) is 31.2 Å². The number of benzene rings is 1. The number of nitrogens with zero attached hydrogens (tertiary/aromatic N) is 3. The van der Waals surface area contributed by atoms with Crippen LogP contribution in [0.25, 0.3) is 0 Å². The van der Waals surface area contributed by atoms with Gasteiger partial charge in [0, 0.05) is 7.05 Å². The molecule has 1 aromatic carbocycles. The van der Waals surface area contributed by atoms with Crippen LogP contribution in [0.2, 0.25) is 0 Å². The lowest BCUT2D eigenvalue weighted by Crippen LogP contribution is -2.39. The van der Waals surface area contributed by atoms with Crippen molar-refractivity contribution in [1.29, 1.82) is 0 Å². The van der Waals surface area contributed by atoms with Crippen molar-refractivity contribution in [1.82, 2.24) is 25.4 Å². The highest BCUT2D eigenvalue weighted by atomic mass is 16.5. The Morgan fingerprint density at radius 2 is 2.17 bits per heavy atom. The number of carbonyl (C=O) groups excluding carboxylic acids is 1. The number of carbonyl (C=O) groups is 1. The van der Waals surface area contributed by atoms with E-state index >= 15 is 0 Å². The predicted molar refractivity (Wildman–Crippen MR) is 87.3 cm³/mol. The fourth-order valence-electron chi connectivity index (χ4n) is 2.09. The first-order valence-corrected chi connectivity index (χ1v) is 7.67. The van der Waals surface area contributed by atoms with Gasteiger partial charge in [-0.05, 0) is 25.0 Å². The maximum atomic E-state index is 12.0. The lowest BCUT2D eigenvalue weighted by molar-refractivity contribution is 0.194. The summed E-state index contributed by atoms with van der Waals surface area (Å²) in [6.07, 6.45) is 0.919. The number of urea groups is 1. The minimum absolute atomic E-state index is 0.181. The van der Waals surface area contributed by atoms with Crippen molar-refractivity contribution in [2.45, 2.75) is 26.8 Å². The summed E-state index contributed by atoms with van der Waals surface area (Å²) in [5.41, 5.74) is 1.17. The van der Waals surface area contributed by atoms with E-state index in [9.17, 15) is 4.79 Å². The Kier molecular flexibility index (Phi) is 5.96. The molecule has 0 atom stereocenters. The second-order valence-electron chi connectivity index (χ2n) is 5.23. The fraction of sp³-hybridized carbons (Fsp3) is 0.438. The number of hydrogen-bond donors (Lipinski definition) is 2. The third-order valence-electron chi connectivity index (χ3n) is 3.43. The number of rotatable bonds is 7. The quantitative estimate of drug-likeness (QED) is 0.817. The van der Waals surface area contributed by atoms with Gasteiger partial charge in [0.1, 0.15) is 18.2 Å². The van der Waals surface area contributed by atoms with Crippen LogP contribution in [0.15, 0.2) is 24.3 Å². The van der Waals surface area contributed by atoms with Crippen LogP contribution >= 0.6 is 0 Å². The molecule has 2 N–H and O–H groups in total. The Bertz CT molecular complexity index is 641. The summed E-state index contributed by atoms with van der Waals surface area (Å²) >= 11 is 0. The number of likely N-dealkylation sites (N-methyl/N-ethyl adjacent to an activating group) is 1. The van der Waals surface area contributed by atoms with Gasteiger partial charge in [-0.1, -0.05) is 25.1 Å². The molecule has 0 fully saturated rings. The van der Waals surface area contributed by atoms with Crippen molar-refractivity contribution >= 4 is 6.03 Å². The van der Waals surface area contributed by atoms with Crippen LogP contribution in [0.4, 0.5) is 4.79 Å². The highest BCUT2D eigenvalue weighted by molar-refractivity contribution is 5.73. The van der Waals surface area contributed by atoms with Crippen LogP contribution in [-0.2, 0) is 13.0 Å². The third kappa shape index (κ3) is 4.98. The SMILES string of the molecule is CCc1ccccc1OCCN(C)C(=O)NCc1n[nH]c(C)n1. The summed E-state index contributed by atoms with van der Waals surface area (Å²) in [7, 11) is 1.73. The van der Waals surface area contributed by atoms with Crippen molar-refractivity contribution in [3.05, 3.63) is 41.5 Å². The molecule has 2 rings (SSSR count). The number of para-hydroxylation sites is 1. The Hall–Kier alpha value is -2.57. The number of hydrogen-bond acceptors (Lipinski definition) is 4. The number of ether oxygens (including phenoxy) is 1. The summed E-state index contributed by atoms with van der Waals surface area (Å²) < 4.78 is 5.76. The van der Waals surface area contributed by atoms with Crippen molar-refractivity contribution in [3.63, 3.8) is 0 Å². The average molecular weight is 317 g/mol. The Balaban J connectivity index is 1.73. The molecule has 0 unspecified atom stereocenters. The molecule has 7 heteroatoms. The minimum atomic E-state index is -0.181. The highest BCUT2D eigenvalue weighted by Crippen LogP contribution is 2.17. The van der Waals surface area contributed by atoms with Crippen molar-refractivity contribution < 1.29 is 9.53 Å². The number of H-pyrrole nitrogens is 1. The molecule has 0 aliphatic carbocycles. The molecule has 0 radical (unpaired) electrons. The lowest BCUT2D eigenvalue weighted by atomic mass is 10.1. The monoisotopic (exact) mass is 317 g/mol. The van der Waals surface area contributed by atoms with E-state index in [1.165, 1.54) is 5.56 Å². The van der Waals surface area contributed by atoms with Gasteiger partial charge in [-0.25, -0.2) is 9.78 Å². The van der Waals surface area contributed by atoms with Gasteiger partial charge in [-0.3, -0.25) is 5.10 Å². The number of aryl methyl sites for hydroxylation is 2. The zero-order valence-electron chi connectivity index (χ0n) is 13.8. The number of nitrogens with one attached hydrogen (secondary N) is 2. The summed E-state index contributed by atoms with van der Waals surface area (Å²) in [6.45, 7) is 5.15. The van der Waals surface area contributed by atoms with Gasteiger partial charge in [-0.2, -0.15) is 5.10 Å². The summed E-state index contributed by atoms with van der Waals surface area (Å²) in [5.74, 6) is 2.17. The molecule has 124 valence electrons. The van der Waals surface area contributed by atoms with E-state index in [0.29, 0.717) is 25.5 Å². The maximum absolute atomic E-state index is 12.0. The van der Waals surface area contributed by atoms with Gasteiger partial charge >= 0.3 is 6.03 Å². The van der Waals surface area contributed by atoms with Gasteiger partial charge in [-0.15, -0.1) is 0 Å². The molecule has 0 spiro atoms. The van der Waals surface area contributed by atoms with E-state index in [1.54, 1.807) is 11.9 Å². The number of aromatic nitrogens is 3. The Morgan fingerprint density at radius 3 is 2.87 bits per heavy atom. The average Bonchev–Trinajstić information content (AvgIpc) is 2.98. The Labute approximate surface area is 136 Å². The molecule has 2 aromatic rings. The molecule has 0 bridgehead atoms. The molecule has 1 heterocycles. The second kappa shape index (κ2) is 8.17. The summed E-state index contributed by atoms with van der Waals surface area (Å²) in [6, 6.07) is 7.76. The van der Waals surface area contributed by atoms with Crippen molar-refractivity contribution in [2.75, 3.05) is 20.2 Å². The first kappa shape index (κ1) is 16.8. The van der Waals surface area contributed by atoms with Gasteiger partial charge in [0.15, 0.2) is 5.82 Å². The van der Waals surface area contributed by atoms with Crippen LogP contribution in [0, 0.1) is 6.92 Å². The first-order chi connectivity index (χ1) is 11.1. The van der Waals surface area contributed by atoms with Gasteiger partial charge < -0.3 is 15.0 Å². The number of aromatic amines is 1. The molecule has 1 aromatic heterocycles. The largest absolute Gasteiger partial charge is 0.491 e. The van der Waals surface area contributed by atoms with Crippen LogP contribution in [0.5, 0.6) is 5.75 Å². The zero-order chi connectivity index (χ0) is 16.7. The van der Waals surface area contributed by atoms with E-state index in [2.05, 4.69) is 27.4 Å². The van der Waals surface area contributed by atoms with Gasteiger partial charge in [0.25, 0.3) is 0 Å². The zero-order valence-corrected chi connectivity index (χ0v) is 13.8. The lowest BCUT2D eigenvalue weighted by Gasteiger charge is -2.18. The molecule has 0 aliphatic rings. The van der Waals surface area contributed by atoms with Gasteiger partial charge in [0.05, 0.1) is 13.1 Å². The van der Waals surface area contributed by atoms with Crippen LogP contribution < -0.4 is 10.1 Å². The van der Waals surface area contributed by atoms with Gasteiger partial charge in [0.2, 0.25) is 0 Å². The smallest absolute Gasteiger partial charge is 0.317 e. The molecule has 0 saturated carbocycles. The number of amides is 2. The first-order valence-electron chi connectivity index (χ1n) is 7.67. The standard InChI is InChI=1S/C16H23N5O2/c1-4-13-7-5-6-8-14(13)23-10-9-21(3)16(22)17-11-15-18-12(2)19-20-15/h5-8H,4,9-11H2,1-3H3,(H,17,22)(H,18,19,20). The molecule has 2 amide bonds. The van der Waals surface area contributed by atoms with Crippen LogP contribution in [0.1, 0.15) is 24.1 Å². The minimum Gasteiger partial charge on any atom is -0.491 e. The van der Waals surface area contributed by atoms with E-state index in [-0.39, 0.29) is 6.03 Å². The normalized spacial score (nSPS) is 10.4. The van der Waals surface area contributed by atoms with E-state index in [0.717, 1.165) is 18.0 Å². The molecular formula is C16H23N5O2. The van der Waals surface area contributed by atoms with Crippen LogP contribution in [0.3, 0.4) is 0 Å². The second-order valence-corrected chi connectivity index (χ2v) is 5.23. The molecule has 0 saturated heterocycles. The maximum Gasteiger partial charge on any atom is 0.317 e. The topological polar surface area (TPSA) is 83.1 Å². The van der Waals surface area contributed by atoms with Crippen molar-refractivity contribution in [3.8, 4) is 5.75 Å². The predicted octanol–water partition coefficient (Wildman–Crippen LogP) is 1.90. The highest BCUT2D eigenvalue weighted by Gasteiger charge is 2.10. The molecule has 23 heavy (non-hydrogen) atoms. The Morgan fingerprint density at radius 1 is 1.39 bits per heavy atom. The summed E-state index contributed by atoms with van der Waals surface area (Å²) in [5, 5.41) is 9.48. The molecule has 7 nitrogen and oxygen atoms in total. The summed E-state index contributed by atoms with van der Waals surface area (Å²) in [4.78, 5) is 17.7. The van der Waals surface area contributed by atoms with E-state index < -0.39 is 0 Å². The van der Waals surface area contributed by atoms with Crippen LogP contribution in [-0.4, -0.2) is 46.3 Å². The molecule has 0 aliphatic heterocycles. The van der Waals surface area contributed by atoms with Crippen molar-refractivity contribution in [2.24, 2.45) is 0 Å². The fourth-order valence-corrected chi connectivity index (χ4v) is 2.09. The molecular weight excluding hydrogens is 294 g/mol.